The minimum atomic E-state index is 0.286. The molecule has 3 rings (SSSR count). The SMILES string of the molecule is Nc1c(Br)c(-c2ccc(O)cc2)c2n1CCC2. The van der Waals surface area contributed by atoms with Gasteiger partial charge in [-0.25, -0.2) is 0 Å². The van der Waals surface area contributed by atoms with Crippen molar-refractivity contribution < 1.29 is 5.11 Å². The van der Waals surface area contributed by atoms with Crippen LogP contribution in [0.1, 0.15) is 12.1 Å². The average Bonchev–Trinajstić information content (AvgIpc) is 2.87. The standard InChI is InChI=1S/C13H13BrN2O/c14-12-11(8-3-5-9(17)6-4-8)10-2-1-7-16(10)13(12)15/h3-6,17H,1-2,7,15H2. The first-order valence-corrected chi connectivity index (χ1v) is 6.43. The number of phenols is 1. The molecule has 0 saturated heterocycles. The lowest BCUT2D eigenvalue weighted by molar-refractivity contribution is 0.475. The molecule has 0 radical (unpaired) electrons. The van der Waals surface area contributed by atoms with Gasteiger partial charge in [0, 0.05) is 17.8 Å². The zero-order chi connectivity index (χ0) is 12.0. The van der Waals surface area contributed by atoms with E-state index in [-0.39, 0.29) is 5.75 Å². The van der Waals surface area contributed by atoms with Gasteiger partial charge in [-0.2, -0.15) is 0 Å². The predicted molar refractivity (Wildman–Crippen MR) is 72.0 cm³/mol. The van der Waals surface area contributed by atoms with Gasteiger partial charge in [0.25, 0.3) is 0 Å². The number of fused-ring (bicyclic) bond motifs is 1. The van der Waals surface area contributed by atoms with Gasteiger partial charge in [-0.1, -0.05) is 12.1 Å². The van der Waals surface area contributed by atoms with Crippen LogP contribution in [0.5, 0.6) is 5.75 Å². The average molecular weight is 293 g/mol. The van der Waals surface area contributed by atoms with E-state index < -0.39 is 0 Å². The molecule has 88 valence electrons. The Morgan fingerprint density at radius 3 is 2.65 bits per heavy atom. The summed E-state index contributed by atoms with van der Waals surface area (Å²) in [4.78, 5) is 0. The van der Waals surface area contributed by atoms with Crippen LogP contribution in [0.2, 0.25) is 0 Å². The highest BCUT2D eigenvalue weighted by molar-refractivity contribution is 9.10. The van der Waals surface area contributed by atoms with Crippen molar-refractivity contribution in [1.82, 2.24) is 4.57 Å². The van der Waals surface area contributed by atoms with Gasteiger partial charge in [0.05, 0.1) is 4.47 Å². The first-order valence-electron chi connectivity index (χ1n) is 5.64. The predicted octanol–water partition coefficient (Wildman–Crippen LogP) is 3.15. The lowest BCUT2D eigenvalue weighted by atomic mass is 10.0. The maximum absolute atomic E-state index is 9.33. The largest absolute Gasteiger partial charge is 0.508 e. The van der Waals surface area contributed by atoms with E-state index in [1.54, 1.807) is 12.1 Å². The number of anilines is 1. The smallest absolute Gasteiger partial charge is 0.118 e. The number of aromatic hydroxyl groups is 1. The van der Waals surface area contributed by atoms with Crippen LogP contribution in [0.15, 0.2) is 28.7 Å². The summed E-state index contributed by atoms with van der Waals surface area (Å²) in [6, 6.07) is 7.26. The number of nitrogen functional groups attached to an aromatic ring is 1. The van der Waals surface area contributed by atoms with Gasteiger partial charge < -0.3 is 15.4 Å². The third kappa shape index (κ3) is 1.55. The van der Waals surface area contributed by atoms with E-state index in [9.17, 15) is 5.11 Å². The van der Waals surface area contributed by atoms with Crippen molar-refractivity contribution in [1.29, 1.82) is 0 Å². The van der Waals surface area contributed by atoms with Gasteiger partial charge in [0.1, 0.15) is 11.6 Å². The van der Waals surface area contributed by atoms with Crippen molar-refractivity contribution in [2.24, 2.45) is 0 Å². The second kappa shape index (κ2) is 3.81. The fraction of sp³-hybridized carbons (Fsp3) is 0.231. The Balaban J connectivity index is 2.21. The summed E-state index contributed by atoms with van der Waals surface area (Å²) in [7, 11) is 0. The lowest BCUT2D eigenvalue weighted by Gasteiger charge is -2.03. The molecule has 1 aromatic heterocycles. The molecule has 0 bridgehead atoms. The van der Waals surface area contributed by atoms with Crippen molar-refractivity contribution >= 4 is 21.7 Å². The van der Waals surface area contributed by atoms with Crippen molar-refractivity contribution in [3.8, 4) is 16.9 Å². The minimum Gasteiger partial charge on any atom is -0.508 e. The van der Waals surface area contributed by atoms with Crippen LogP contribution in [-0.4, -0.2) is 9.67 Å². The summed E-state index contributed by atoms with van der Waals surface area (Å²) >= 11 is 3.57. The fourth-order valence-electron chi connectivity index (χ4n) is 2.50. The zero-order valence-electron chi connectivity index (χ0n) is 9.28. The quantitative estimate of drug-likeness (QED) is 0.848. The lowest BCUT2D eigenvalue weighted by Crippen LogP contribution is -1.98. The van der Waals surface area contributed by atoms with Gasteiger partial charge in [-0.05, 0) is 46.5 Å². The number of phenolic OH excluding ortho intramolecular Hbond substituents is 1. The van der Waals surface area contributed by atoms with Crippen molar-refractivity contribution in [3.05, 3.63) is 34.4 Å². The maximum Gasteiger partial charge on any atom is 0.118 e. The Morgan fingerprint density at radius 2 is 1.94 bits per heavy atom. The van der Waals surface area contributed by atoms with E-state index >= 15 is 0 Å². The van der Waals surface area contributed by atoms with E-state index in [2.05, 4.69) is 20.5 Å². The molecular formula is C13H13BrN2O. The van der Waals surface area contributed by atoms with Crippen LogP contribution in [0.4, 0.5) is 5.82 Å². The summed E-state index contributed by atoms with van der Waals surface area (Å²) < 4.78 is 3.14. The second-order valence-electron chi connectivity index (χ2n) is 4.32. The fourth-order valence-corrected chi connectivity index (χ4v) is 3.17. The molecule has 1 aliphatic rings. The molecule has 0 amide bonds. The first-order chi connectivity index (χ1) is 8.18. The molecule has 2 heterocycles. The number of hydrogen-bond donors (Lipinski definition) is 2. The van der Waals surface area contributed by atoms with Crippen molar-refractivity contribution in [3.63, 3.8) is 0 Å². The molecule has 17 heavy (non-hydrogen) atoms. The molecule has 0 saturated carbocycles. The number of halogens is 1. The molecule has 3 nitrogen and oxygen atoms in total. The third-order valence-corrected chi connectivity index (χ3v) is 4.10. The molecular weight excluding hydrogens is 280 g/mol. The molecule has 0 atom stereocenters. The van der Waals surface area contributed by atoms with Crippen LogP contribution >= 0.6 is 15.9 Å². The highest BCUT2D eigenvalue weighted by Crippen LogP contribution is 2.41. The molecule has 1 aromatic carbocycles. The Bertz CT molecular complexity index is 572. The molecule has 0 aliphatic carbocycles. The molecule has 0 unspecified atom stereocenters. The summed E-state index contributed by atoms with van der Waals surface area (Å²) in [6.45, 7) is 0.998. The summed E-state index contributed by atoms with van der Waals surface area (Å²) in [5, 5.41) is 9.33. The van der Waals surface area contributed by atoms with Crippen LogP contribution in [0, 0.1) is 0 Å². The molecule has 2 aromatic rings. The Kier molecular flexibility index (Phi) is 2.40. The van der Waals surface area contributed by atoms with Gasteiger partial charge in [-0.15, -0.1) is 0 Å². The topological polar surface area (TPSA) is 51.2 Å². The van der Waals surface area contributed by atoms with Crippen molar-refractivity contribution in [2.45, 2.75) is 19.4 Å². The van der Waals surface area contributed by atoms with Gasteiger partial charge in [-0.3, -0.25) is 0 Å². The highest BCUT2D eigenvalue weighted by atomic mass is 79.9. The number of nitrogens with two attached hydrogens (primary N) is 1. The number of benzene rings is 1. The van der Waals surface area contributed by atoms with E-state index in [0.29, 0.717) is 0 Å². The number of nitrogens with zero attached hydrogens (tertiary/aromatic N) is 1. The summed E-state index contributed by atoms with van der Waals surface area (Å²) in [6.07, 6.45) is 2.21. The number of hydrogen-bond acceptors (Lipinski definition) is 2. The van der Waals surface area contributed by atoms with E-state index in [4.69, 9.17) is 5.73 Å². The Labute approximate surface area is 108 Å². The van der Waals surface area contributed by atoms with Crippen LogP contribution < -0.4 is 5.73 Å². The molecule has 1 aliphatic heterocycles. The van der Waals surface area contributed by atoms with E-state index in [1.807, 2.05) is 12.1 Å². The Morgan fingerprint density at radius 1 is 1.24 bits per heavy atom. The normalized spacial score (nSPS) is 13.9. The van der Waals surface area contributed by atoms with Gasteiger partial charge >= 0.3 is 0 Å². The van der Waals surface area contributed by atoms with Crippen molar-refractivity contribution in [2.75, 3.05) is 5.73 Å². The zero-order valence-corrected chi connectivity index (χ0v) is 10.9. The molecule has 4 heteroatoms. The summed E-state index contributed by atoms with van der Waals surface area (Å²) in [5.41, 5.74) is 9.64. The van der Waals surface area contributed by atoms with E-state index in [0.717, 1.165) is 35.2 Å². The first kappa shape index (κ1) is 10.7. The van der Waals surface area contributed by atoms with Crippen LogP contribution in [0.25, 0.3) is 11.1 Å². The second-order valence-corrected chi connectivity index (χ2v) is 5.12. The molecule has 3 N–H and O–H groups in total. The highest BCUT2D eigenvalue weighted by Gasteiger charge is 2.23. The van der Waals surface area contributed by atoms with Crippen LogP contribution in [-0.2, 0) is 13.0 Å². The van der Waals surface area contributed by atoms with E-state index in [1.165, 1.54) is 11.3 Å². The maximum atomic E-state index is 9.33. The van der Waals surface area contributed by atoms with Crippen LogP contribution in [0.3, 0.4) is 0 Å². The number of rotatable bonds is 1. The number of aromatic nitrogens is 1. The monoisotopic (exact) mass is 292 g/mol. The minimum absolute atomic E-state index is 0.286. The Hall–Kier alpha value is -1.42. The summed E-state index contributed by atoms with van der Waals surface area (Å²) in [5.74, 6) is 1.09. The van der Waals surface area contributed by atoms with Gasteiger partial charge in [0.15, 0.2) is 0 Å². The molecule has 0 fully saturated rings. The third-order valence-electron chi connectivity index (χ3n) is 3.30. The van der Waals surface area contributed by atoms with Gasteiger partial charge in [0.2, 0.25) is 0 Å². The molecule has 0 spiro atoms.